The van der Waals surface area contributed by atoms with Gasteiger partial charge in [-0.1, -0.05) is 84.4 Å². The van der Waals surface area contributed by atoms with Crippen LogP contribution in [0.25, 0.3) is 0 Å². The maximum atomic E-state index is 10.7. The third kappa shape index (κ3) is 10.9. The Labute approximate surface area is 218 Å². The fraction of sp³-hybridized carbons (Fsp3) is 0.345. The van der Waals surface area contributed by atoms with Crippen LogP contribution in [0.2, 0.25) is 5.02 Å². The van der Waals surface area contributed by atoms with Crippen LogP contribution in [-0.4, -0.2) is 28.3 Å². The Hall–Kier alpha value is -2.31. The van der Waals surface area contributed by atoms with Crippen molar-refractivity contribution < 1.29 is 15.0 Å². The number of aliphatic carboxylic acids is 1. The molecule has 3 aromatic rings. The molecule has 188 valence electrons. The van der Waals surface area contributed by atoms with Crippen molar-refractivity contribution in [3.63, 3.8) is 0 Å². The molecule has 6 heteroatoms. The Balaban J connectivity index is 0.000000456. The molecule has 0 aliphatic heterocycles. The molecule has 0 amide bonds. The molecule has 0 fully saturated rings. The van der Waals surface area contributed by atoms with Gasteiger partial charge in [-0.05, 0) is 74.4 Å². The smallest absolute Gasteiger partial charge is 0.303 e. The van der Waals surface area contributed by atoms with Crippen molar-refractivity contribution in [1.29, 1.82) is 0 Å². The fourth-order valence-electron chi connectivity index (χ4n) is 3.59. The van der Waals surface area contributed by atoms with Gasteiger partial charge in [-0.15, -0.1) is 0 Å². The van der Waals surface area contributed by atoms with Gasteiger partial charge in [0.25, 0.3) is 0 Å². The van der Waals surface area contributed by atoms with E-state index >= 15 is 0 Å². The molecule has 0 bridgehead atoms. The molecule has 4 N–H and O–H groups in total. The number of carboxylic acids is 1. The van der Waals surface area contributed by atoms with E-state index < -0.39 is 11.5 Å². The summed E-state index contributed by atoms with van der Waals surface area (Å²) in [4.78, 5) is 13.0. The van der Waals surface area contributed by atoms with Crippen LogP contribution in [0.5, 0.6) is 0 Å². The van der Waals surface area contributed by atoms with Crippen molar-refractivity contribution >= 4 is 29.3 Å². The Morgan fingerprint density at radius 1 is 1.00 bits per heavy atom. The van der Waals surface area contributed by atoms with Crippen LogP contribution in [0.4, 0.5) is 0 Å². The molecule has 1 atom stereocenters. The SMILES string of the molecule is CCc1ccccc1.Cc1cccc(Sc2ccc(CCCC(N)(CO)CCC(=O)O)c(Cl)c2)c1. The summed E-state index contributed by atoms with van der Waals surface area (Å²) in [7, 11) is 0. The van der Waals surface area contributed by atoms with Crippen LogP contribution in [0.1, 0.15) is 49.3 Å². The van der Waals surface area contributed by atoms with E-state index in [4.69, 9.17) is 22.4 Å². The summed E-state index contributed by atoms with van der Waals surface area (Å²) in [6.45, 7) is 4.01. The highest BCUT2D eigenvalue weighted by molar-refractivity contribution is 7.99. The van der Waals surface area contributed by atoms with Crippen LogP contribution in [0.15, 0.2) is 82.6 Å². The fourth-order valence-corrected chi connectivity index (χ4v) is 4.91. The number of hydrogen-bond acceptors (Lipinski definition) is 4. The molecule has 0 aliphatic rings. The predicted octanol–water partition coefficient (Wildman–Crippen LogP) is 6.93. The number of aliphatic hydroxyl groups excluding tert-OH is 1. The number of benzene rings is 3. The number of carbonyl (C=O) groups is 1. The number of aryl methyl sites for hydroxylation is 3. The topological polar surface area (TPSA) is 83.5 Å². The van der Waals surface area contributed by atoms with Crippen LogP contribution in [-0.2, 0) is 17.6 Å². The van der Waals surface area contributed by atoms with Gasteiger partial charge in [0.15, 0.2) is 0 Å². The molecule has 0 radical (unpaired) electrons. The summed E-state index contributed by atoms with van der Waals surface area (Å²) in [6, 6.07) is 24.8. The molecule has 0 heterocycles. The lowest BCUT2D eigenvalue weighted by atomic mass is 9.89. The molecule has 0 aromatic heterocycles. The zero-order valence-electron chi connectivity index (χ0n) is 20.5. The minimum absolute atomic E-state index is 0.0390. The lowest BCUT2D eigenvalue weighted by molar-refractivity contribution is -0.137. The van der Waals surface area contributed by atoms with Crippen molar-refractivity contribution in [3.8, 4) is 0 Å². The summed E-state index contributed by atoms with van der Waals surface area (Å²) < 4.78 is 0. The second kappa shape index (κ2) is 14.9. The number of carboxylic acid groups (broad SMARTS) is 1. The number of nitrogens with two attached hydrogens (primary N) is 1. The monoisotopic (exact) mass is 513 g/mol. The van der Waals surface area contributed by atoms with Crippen molar-refractivity contribution in [2.45, 2.75) is 67.7 Å². The predicted molar refractivity (Wildman–Crippen MR) is 146 cm³/mol. The summed E-state index contributed by atoms with van der Waals surface area (Å²) in [6.07, 6.45) is 3.39. The van der Waals surface area contributed by atoms with Crippen molar-refractivity contribution in [3.05, 3.63) is 94.5 Å². The molecule has 35 heavy (non-hydrogen) atoms. The second-order valence-corrected chi connectivity index (χ2v) is 10.3. The van der Waals surface area contributed by atoms with E-state index in [0.29, 0.717) is 11.4 Å². The minimum Gasteiger partial charge on any atom is -0.481 e. The first-order chi connectivity index (χ1) is 16.7. The van der Waals surface area contributed by atoms with Gasteiger partial charge in [-0.25, -0.2) is 0 Å². The molecule has 0 aliphatic carbocycles. The quantitative estimate of drug-likeness (QED) is 0.259. The normalized spacial score (nSPS) is 12.4. The van der Waals surface area contributed by atoms with Crippen molar-refractivity contribution in [1.82, 2.24) is 0 Å². The highest BCUT2D eigenvalue weighted by Gasteiger charge is 2.24. The Morgan fingerprint density at radius 3 is 2.29 bits per heavy atom. The molecular weight excluding hydrogens is 478 g/mol. The largest absolute Gasteiger partial charge is 0.481 e. The molecule has 0 spiro atoms. The number of aliphatic hydroxyl groups is 1. The lowest BCUT2D eigenvalue weighted by Gasteiger charge is -2.26. The third-order valence-corrected chi connectivity index (χ3v) is 7.10. The first-order valence-corrected chi connectivity index (χ1v) is 13.1. The van der Waals surface area contributed by atoms with Gasteiger partial charge in [0.05, 0.1) is 6.61 Å². The van der Waals surface area contributed by atoms with Gasteiger partial charge in [0, 0.05) is 26.8 Å². The molecule has 3 rings (SSSR count). The van der Waals surface area contributed by atoms with E-state index in [0.717, 1.165) is 29.7 Å². The highest BCUT2D eigenvalue weighted by Crippen LogP contribution is 2.32. The first kappa shape index (κ1) is 28.9. The van der Waals surface area contributed by atoms with E-state index in [-0.39, 0.29) is 19.4 Å². The summed E-state index contributed by atoms with van der Waals surface area (Å²) in [5, 5.41) is 19.0. The standard InChI is InChI=1S/C21H26ClNO3S.C8H10/c1-15-4-2-6-17(12-15)27-18-8-7-16(19(22)13-18)5-3-10-21(23,14-24)11-9-20(25)26;1-2-8-6-4-3-5-7-8/h2,4,6-8,12-13,24H,3,5,9-11,14,23H2,1H3,(H,25,26);3-7H,2H2,1H3. The number of halogens is 1. The Kier molecular flexibility index (Phi) is 12.4. The van der Waals surface area contributed by atoms with Crippen molar-refractivity contribution in [2.24, 2.45) is 5.73 Å². The lowest BCUT2D eigenvalue weighted by Crippen LogP contribution is -2.44. The van der Waals surface area contributed by atoms with Gasteiger partial charge in [-0.3, -0.25) is 4.79 Å². The van der Waals surface area contributed by atoms with Gasteiger partial charge in [0.1, 0.15) is 0 Å². The zero-order valence-corrected chi connectivity index (χ0v) is 22.1. The third-order valence-electron chi connectivity index (χ3n) is 5.77. The van der Waals surface area contributed by atoms with Crippen LogP contribution in [0.3, 0.4) is 0 Å². The van der Waals surface area contributed by atoms with Crippen LogP contribution < -0.4 is 5.73 Å². The molecule has 0 saturated heterocycles. The van der Waals surface area contributed by atoms with E-state index in [2.05, 4.69) is 62.4 Å². The number of rotatable bonds is 11. The second-order valence-electron chi connectivity index (χ2n) is 8.78. The van der Waals surface area contributed by atoms with Crippen LogP contribution in [0, 0.1) is 6.92 Å². The minimum atomic E-state index is -0.900. The van der Waals surface area contributed by atoms with Gasteiger partial charge in [0.2, 0.25) is 0 Å². The average molecular weight is 514 g/mol. The molecule has 4 nitrogen and oxygen atoms in total. The van der Waals surface area contributed by atoms with Gasteiger partial charge in [-0.2, -0.15) is 0 Å². The first-order valence-electron chi connectivity index (χ1n) is 11.9. The van der Waals surface area contributed by atoms with Crippen LogP contribution >= 0.6 is 23.4 Å². The van der Waals surface area contributed by atoms with E-state index in [9.17, 15) is 9.90 Å². The number of hydrogen-bond donors (Lipinski definition) is 3. The maximum Gasteiger partial charge on any atom is 0.303 e. The van der Waals surface area contributed by atoms with Gasteiger partial charge >= 0.3 is 5.97 Å². The Morgan fingerprint density at radius 2 is 1.71 bits per heavy atom. The zero-order chi connectivity index (χ0) is 25.7. The maximum absolute atomic E-state index is 10.7. The molecule has 3 aromatic carbocycles. The van der Waals surface area contributed by atoms with E-state index in [1.54, 1.807) is 11.8 Å². The van der Waals surface area contributed by atoms with Crippen molar-refractivity contribution in [2.75, 3.05) is 6.61 Å². The molecule has 0 saturated carbocycles. The van der Waals surface area contributed by atoms with E-state index in [1.807, 2.05) is 24.3 Å². The highest BCUT2D eigenvalue weighted by atomic mass is 35.5. The van der Waals surface area contributed by atoms with E-state index in [1.165, 1.54) is 16.0 Å². The summed E-state index contributed by atoms with van der Waals surface area (Å²) in [5.41, 5.74) is 8.93. The summed E-state index contributed by atoms with van der Waals surface area (Å²) in [5.74, 6) is -0.900. The molecule has 1 unspecified atom stereocenters. The van der Waals surface area contributed by atoms with Gasteiger partial charge < -0.3 is 15.9 Å². The summed E-state index contributed by atoms with van der Waals surface area (Å²) >= 11 is 8.11. The average Bonchev–Trinajstić information content (AvgIpc) is 2.85. The Bertz CT molecular complexity index is 1060. The molecular formula is C29H36ClNO3S.